The number of rotatable bonds is 6. The summed E-state index contributed by atoms with van der Waals surface area (Å²) in [5, 5.41) is 0. The Kier molecular flexibility index (Phi) is 5.44. The summed E-state index contributed by atoms with van der Waals surface area (Å²) in [6.07, 6.45) is 0.731. The van der Waals surface area contributed by atoms with Gasteiger partial charge in [-0.1, -0.05) is 48.5 Å². The van der Waals surface area contributed by atoms with E-state index in [4.69, 9.17) is 9.47 Å². The highest BCUT2D eigenvalue weighted by Crippen LogP contribution is 2.27. The second-order valence-electron chi connectivity index (χ2n) is 5.81. The minimum Gasteiger partial charge on any atom is -0.488 e. The third kappa shape index (κ3) is 4.16. The zero-order chi connectivity index (χ0) is 18.4. The highest BCUT2D eigenvalue weighted by atomic mass is 16.5. The van der Waals surface area contributed by atoms with Crippen LogP contribution in [0.1, 0.15) is 31.8 Å². The number of ether oxygens (including phenoxy) is 2. The summed E-state index contributed by atoms with van der Waals surface area (Å²) in [6.45, 7) is 2.04. The number of aldehydes is 1. The predicted molar refractivity (Wildman–Crippen MR) is 98.7 cm³/mol. The van der Waals surface area contributed by atoms with Crippen molar-refractivity contribution >= 4 is 12.3 Å². The molecule has 3 aromatic carbocycles. The fraction of sp³-hybridized carbons (Fsp3) is 0.0909. The zero-order valence-electron chi connectivity index (χ0n) is 14.3. The molecule has 0 N–H and O–H groups in total. The van der Waals surface area contributed by atoms with Gasteiger partial charge in [-0.25, -0.2) is 4.79 Å². The number of hydrogen-bond acceptors (Lipinski definition) is 4. The number of esters is 1. The first-order valence-electron chi connectivity index (χ1n) is 8.21. The van der Waals surface area contributed by atoms with Gasteiger partial charge in [-0.15, -0.1) is 0 Å². The smallest absolute Gasteiger partial charge is 0.347 e. The number of aryl methyl sites for hydroxylation is 1. The Balaban J connectivity index is 1.89. The van der Waals surface area contributed by atoms with Crippen LogP contribution in [-0.2, 0) is 6.61 Å². The molecular weight excluding hydrogens is 328 g/mol. The van der Waals surface area contributed by atoms with Crippen molar-refractivity contribution < 1.29 is 19.1 Å². The molecule has 0 amide bonds. The molecule has 0 saturated heterocycles. The molecule has 0 fully saturated rings. The van der Waals surface area contributed by atoms with Gasteiger partial charge in [0.15, 0.2) is 0 Å². The molecule has 130 valence electrons. The molecule has 0 radical (unpaired) electrons. The molecule has 0 aliphatic heterocycles. The molecular formula is C22H18O4. The molecule has 0 spiro atoms. The van der Waals surface area contributed by atoms with Crippen LogP contribution in [0, 0.1) is 6.92 Å². The van der Waals surface area contributed by atoms with Gasteiger partial charge in [0.25, 0.3) is 0 Å². The topological polar surface area (TPSA) is 52.6 Å². The largest absolute Gasteiger partial charge is 0.488 e. The lowest BCUT2D eigenvalue weighted by atomic mass is 10.0. The number of para-hydroxylation sites is 1. The number of carbonyl (C=O) groups excluding carboxylic acids is 2. The first-order valence-corrected chi connectivity index (χ1v) is 8.21. The van der Waals surface area contributed by atoms with Crippen LogP contribution in [0.25, 0.3) is 0 Å². The summed E-state index contributed by atoms with van der Waals surface area (Å²) in [4.78, 5) is 23.9. The van der Waals surface area contributed by atoms with Crippen LogP contribution < -0.4 is 9.47 Å². The van der Waals surface area contributed by atoms with Crippen LogP contribution in [0.5, 0.6) is 11.5 Å². The monoisotopic (exact) mass is 346 g/mol. The van der Waals surface area contributed by atoms with Crippen LogP contribution in [0.2, 0.25) is 0 Å². The lowest BCUT2D eigenvalue weighted by molar-refractivity contribution is 0.0728. The van der Waals surface area contributed by atoms with Crippen molar-refractivity contribution in [3.05, 3.63) is 95.1 Å². The summed E-state index contributed by atoms with van der Waals surface area (Å²) >= 11 is 0. The zero-order valence-corrected chi connectivity index (χ0v) is 14.3. The third-order valence-electron chi connectivity index (χ3n) is 3.85. The molecule has 4 heteroatoms. The van der Waals surface area contributed by atoms with E-state index in [1.807, 2.05) is 36.4 Å². The molecule has 3 rings (SSSR count). The van der Waals surface area contributed by atoms with Crippen LogP contribution in [0.4, 0.5) is 0 Å². The minimum absolute atomic E-state index is 0.286. The van der Waals surface area contributed by atoms with Gasteiger partial charge < -0.3 is 9.47 Å². The van der Waals surface area contributed by atoms with Crippen molar-refractivity contribution in [1.29, 1.82) is 0 Å². The van der Waals surface area contributed by atoms with E-state index in [9.17, 15) is 9.59 Å². The average molecular weight is 346 g/mol. The minimum atomic E-state index is -0.519. The van der Waals surface area contributed by atoms with Gasteiger partial charge >= 0.3 is 5.97 Å². The molecule has 0 saturated carbocycles. The molecule has 0 unspecified atom stereocenters. The van der Waals surface area contributed by atoms with Crippen molar-refractivity contribution in [2.24, 2.45) is 0 Å². The van der Waals surface area contributed by atoms with E-state index in [-0.39, 0.29) is 6.61 Å². The average Bonchev–Trinajstić information content (AvgIpc) is 2.67. The number of hydrogen-bond donors (Lipinski definition) is 0. The molecule has 0 aromatic heterocycles. The highest BCUT2D eigenvalue weighted by Gasteiger charge is 2.19. The van der Waals surface area contributed by atoms with E-state index in [1.165, 1.54) is 0 Å². The summed E-state index contributed by atoms with van der Waals surface area (Å²) in [6, 6.07) is 21.6. The Hall–Kier alpha value is -3.40. The van der Waals surface area contributed by atoms with E-state index in [1.54, 1.807) is 43.3 Å². The first kappa shape index (κ1) is 17.4. The Morgan fingerprint density at radius 3 is 2.27 bits per heavy atom. The fourth-order valence-electron chi connectivity index (χ4n) is 2.61. The Morgan fingerprint density at radius 2 is 1.62 bits per heavy atom. The van der Waals surface area contributed by atoms with Gasteiger partial charge in [0.2, 0.25) is 0 Å². The molecule has 0 aliphatic rings. The third-order valence-corrected chi connectivity index (χ3v) is 3.85. The fourth-order valence-corrected chi connectivity index (χ4v) is 2.61. The van der Waals surface area contributed by atoms with E-state index in [0.29, 0.717) is 28.2 Å². The lowest BCUT2D eigenvalue weighted by Gasteiger charge is -2.14. The maximum absolute atomic E-state index is 12.7. The summed E-state index contributed by atoms with van der Waals surface area (Å²) < 4.78 is 11.3. The Labute approximate surface area is 152 Å². The molecule has 3 aromatic rings. The van der Waals surface area contributed by atoms with Crippen molar-refractivity contribution in [2.75, 3.05) is 0 Å². The van der Waals surface area contributed by atoms with E-state index in [2.05, 4.69) is 0 Å². The van der Waals surface area contributed by atoms with Gasteiger partial charge in [0.1, 0.15) is 30.0 Å². The molecule has 0 atom stereocenters. The highest BCUT2D eigenvalue weighted by molar-refractivity contribution is 5.96. The summed E-state index contributed by atoms with van der Waals surface area (Å²) in [5.41, 5.74) is 2.35. The van der Waals surface area contributed by atoms with Gasteiger partial charge in [0.05, 0.1) is 0 Å². The van der Waals surface area contributed by atoms with Gasteiger partial charge in [-0.3, -0.25) is 4.79 Å². The maximum Gasteiger partial charge on any atom is 0.347 e. The molecule has 0 aliphatic carbocycles. The molecule has 26 heavy (non-hydrogen) atoms. The van der Waals surface area contributed by atoms with Crippen molar-refractivity contribution in [3.8, 4) is 11.5 Å². The Morgan fingerprint density at radius 1 is 0.962 bits per heavy atom. The van der Waals surface area contributed by atoms with Crippen LogP contribution in [-0.4, -0.2) is 12.3 Å². The SMILES string of the molecule is Cc1cc(C=O)cc(OCc2ccccc2)c1C(=O)Oc1ccccc1. The van der Waals surface area contributed by atoms with E-state index in [0.717, 1.165) is 11.8 Å². The van der Waals surface area contributed by atoms with E-state index >= 15 is 0 Å². The van der Waals surface area contributed by atoms with Crippen molar-refractivity contribution in [1.82, 2.24) is 0 Å². The second kappa shape index (κ2) is 8.12. The molecule has 0 heterocycles. The van der Waals surface area contributed by atoms with Crippen LogP contribution in [0.3, 0.4) is 0 Å². The van der Waals surface area contributed by atoms with Crippen LogP contribution >= 0.6 is 0 Å². The second-order valence-corrected chi connectivity index (χ2v) is 5.81. The quantitative estimate of drug-likeness (QED) is 0.372. The summed E-state index contributed by atoms with van der Waals surface area (Å²) in [5.74, 6) is 0.261. The maximum atomic E-state index is 12.7. The van der Waals surface area contributed by atoms with Gasteiger partial charge in [-0.2, -0.15) is 0 Å². The van der Waals surface area contributed by atoms with Crippen molar-refractivity contribution in [2.45, 2.75) is 13.5 Å². The van der Waals surface area contributed by atoms with Crippen LogP contribution in [0.15, 0.2) is 72.8 Å². The normalized spacial score (nSPS) is 10.2. The molecule has 4 nitrogen and oxygen atoms in total. The predicted octanol–water partition coefficient (Wildman–Crippen LogP) is 4.61. The first-order chi connectivity index (χ1) is 12.7. The van der Waals surface area contributed by atoms with Crippen molar-refractivity contribution in [3.63, 3.8) is 0 Å². The Bertz CT molecular complexity index is 902. The van der Waals surface area contributed by atoms with E-state index < -0.39 is 5.97 Å². The number of carbonyl (C=O) groups is 2. The summed E-state index contributed by atoms with van der Waals surface area (Å²) in [7, 11) is 0. The van der Waals surface area contributed by atoms with Gasteiger partial charge in [0, 0.05) is 5.56 Å². The molecule has 0 bridgehead atoms. The lowest BCUT2D eigenvalue weighted by Crippen LogP contribution is -2.13. The van der Waals surface area contributed by atoms with Gasteiger partial charge in [-0.05, 0) is 42.3 Å². The number of benzene rings is 3. The standard InChI is InChI=1S/C22H18O4/c1-16-12-18(14-23)13-20(25-15-17-8-4-2-5-9-17)21(16)22(24)26-19-10-6-3-7-11-19/h2-14H,15H2,1H3.